The number of carbonyl (C=O) groups excluding carboxylic acids is 1. The largest absolute Gasteiger partial charge is 0.489 e. The van der Waals surface area contributed by atoms with E-state index in [0.717, 1.165) is 23.3 Å². The molecule has 0 unspecified atom stereocenters. The second-order valence-corrected chi connectivity index (χ2v) is 6.45. The molecule has 3 rings (SSSR count). The molecule has 0 N–H and O–H groups in total. The molecule has 3 nitrogen and oxygen atoms in total. The summed E-state index contributed by atoms with van der Waals surface area (Å²) >= 11 is 1.69. The molecule has 3 aromatic rings. The first-order valence-corrected chi connectivity index (χ1v) is 9.16. The standard InChI is InChI=1S/C21H20O3S/c1-3-16-12-19(8-9-21(16)24-15(2)22)23-13-17-6-4-5-7-20(17)18-10-11-25-14-18/h4-12,14H,3,13H2,1-2H3. The molecule has 0 bridgehead atoms. The maximum Gasteiger partial charge on any atom is 0.308 e. The monoisotopic (exact) mass is 352 g/mol. The van der Waals surface area contributed by atoms with Crippen LogP contribution >= 0.6 is 11.3 Å². The Morgan fingerprint density at radius 2 is 1.92 bits per heavy atom. The first-order valence-electron chi connectivity index (χ1n) is 8.22. The van der Waals surface area contributed by atoms with E-state index in [-0.39, 0.29) is 5.97 Å². The summed E-state index contributed by atoms with van der Waals surface area (Å²) in [6.07, 6.45) is 0.769. The molecule has 0 atom stereocenters. The van der Waals surface area contributed by atoms with E-state index in [0.29, 0.717) is 12.4 Å². The van der Waals surface area contributed by atoms with Gasteiger partial charge >= 0.3 is 5.97 Å². The van der Waals surface area contributed by atoms with Crippen molar-refractivity contribution in [3.63, 3.8) is 0 Å². The van der Waals surface area contributed by atoms with Crippen molar-refractivity contribution in [2.45, 2.75) is 26.9 Å². The number of aryl methyl sites for hydroxylation is 1. The number of thiophene rings is 1. The fourth-order valence-corrected chi connectivity index (χ4v) is 3.34. The Bertz CT molecular complexity index is 853. The lowest BCUT2D eigenvalue weighted by atomic mass is 10.0. The third-order valence-electron chi connectivity index (χ3n) is 3.91. The fourth-order valence-electron chi connectivity index (χ4n) is 2.68. The molecule has 128 valence electrons. The van der Waals surface area contributed by atoms with E-state index < -0.39 is 0 Å². The van der Waals surface area contributed by atoms with Crippen molar-refractivity contribution in [3.8, 4) is 22.6 Å². The van der Waals surface area contributed by atoms with E-state index in [4.69, 9.17) is 9.47 Å². The van der Waals surface area contributed by atoms with Crippen molar-refractivity contribution in [1.82, 2.24) is 0 Å². The van der Waals surface area contributed by atoms with Crippen LogP contribution in [0.15, 0.2) is 59.3 Å². The van der Waals surface area contributed by atoms with Gasteiger partial charge in [0.2, 0.25) is 0 Å². The number of hydrogen-bond donors (Lipinski definition) is 0. The lowest BCUT2D eigenvalue weighted by molar-refractivity contribution is -0.131. The number of esters is 1. The zero-order valence-corrected chi connectivity index (χ0v) is 15.1. The van der Waals surface area contributed by atoms with Gasteiger partial charge in [-0.15, -0.1) is 0 Å². The first kappa shape index (κ1) is 17.2. The second-order valence-electron chi connectivity index (χ2n) is 5.67. The van der Waals surface area contributed by atoms with Crippen LogP contribution in [-0.2, 0) is 17.8 Å². The number of benzene rings is 2. The Morgan fingerprint density at radius 1 is 1.08 bits per heavy atom. The van der Waals surface area contributed by atoms with Crippen LogP contribution in [0.3, 0.4) is 0 Å². The van der Waals surface area contributed by atoms with Crippen molar-refractivity contribution in [3.05, 3.63) is 70.4 Å². The summed E-state index contributed by atoms with van der Waals surface area (Å²) in [6, 6.07) is 15.9. The summed E-state index contributed by atoms with van der Waals surface area (Å²) in [4.78, 5) is 11.2. The highest BCUT2D eigenvalue weighted by Gasteiger charge is 2.09. The smallest absolute Gasteiger partial charge is 0.308 e. The lowest BCUT2D eigenvalue weighted by Gasteiger charge is -2.13. The van der Waals surface area contributed by atoms with E-state index >= 15 is 0 Å². The second kappa shape index (κ2) is 7.99. The zero-order chi connectivity index (χ0) is 17.6. The van der Waals surface area contributed by atoms with Gasteiger partial charge in [-0.05, 0) is 63.7 Å². The average molecular weight is 352 g/mol. The molecule has 4 heteroatoms. The first-order chi connectivity index (χ1) is 12.2. The van der Waals surface area contributed by atoms with Gasteiger partial charge in [-0.2, -0.15) is 11.3 Å². The molecule has 0 aliphatic heterocycles. The van der Waals surface area contributed by atoms with Gasteiger partial charge in [0.1, 0.15) is 18.1 Å². The van der Waals surface area contributed by atoms with E-state index in [2.05, 4.69) is 29.0 Å². The van der Waals surface area contributed by atoms with Crippen LogP contribution in [0.4, 0.5) is 0 Å². The average Bonchev–Trinajstić information content (AvgIpc) is 3.15. The summed E-state index contributed by atoms with van der Waals surface area (Å²) in [7, 11) is 0. The molecule has 0 aliphatic rings. The van der Waals surface area contributed by atoms with Crippen LogP contribution in [0.5, 0.6) is 11.5 Å². The van der Waals surface area contributed by atoms with Gasteiger partial charge in [0, 0.05) is 6.92 Å². The van der Waals surface area contributed by atoms with Gasteiger partial charge in [0.15, 0.2) is 0 Å². The summed E-state index contributed by atoms with van der Waals surface area (Å²) in [5.74, 6) is 1.06. The van der Waals surface area contributed by atoms with Gasteiger partial charge in [-0.3, -0.25) is 4.79 Å². The quantitative estimate of drug-likeness (QED) is 0.435. The Hall–Kier alpha value is -2.59. The SMILES string of the molecule is CCc1cc(OCc2ccccc2-c2ccsc2)ccc1OC(C)=O. The number of ether oxygens (including phenoxy) is 2. The van der Waals surface area contributed by atoms with E-state index in [9.17, 15) is 4.79 Å². The number of rotatable bonds is 6. The van der Waals surface area contributed by atoms with Crippen LogP contribution in [0.25, 0.3) is 11.1 Å². The predicted molar refractivity (Wildman–Crippen MR) is 101 cm³/mol. The molecule has 0 saturated carbocycles. The predicted octanol–water partition coefficient (Wildman–Crippen LogP) is 5.48. The Morgan fingerprint density at radius 3 is 2.64 bits per heavy atom. The minimum Gasteiger partial charge on any atom is -0.489 e. The fraction of sp³-hybridized carbons (Fsp3) is 0.190. The number of hydrogen-bond acceptors (Lipinski definition) is 4. The molecular formula is C21H20O3S. The van der Waals surface area contributed by atoms with Crippen molar-refractivity contribution in [1.29, 1.82) is 0 Å². The lowest BCUT2D eigenvalue weighted by Crippen LogP contribution is -2.04. The third kappa shape index (κ3) is 4.28. The van der Waals surface area contributed by atoms with Crippen molar-refractivity contribution in [2.75, 3.05) is 0 Å². The summed E-state index contributed by atoms with van der Waals surface area (Å²) in [6.45, 7) is 3.92. The Kier molecular flexibility index (Phi) is 5.51. The highest BCUT2D eigenvalue weighted by atomic mass is 32.1. The molecule has 0 amide bonds. The molecule has 1 aromatic heterocycles. The van der Waals surface area contributed by atoms with Crippen LogP contribution < -0.4 is 9.47 Å². The molecule has 2 aromatic carbocycles. The van der Waals surface area contributed by atoms with Gasteiger partial charge < -0.3 is 9.47 Å². The molecule has 0 radical (unpaired) electrons. The molecule has 0 fully saturated rings. The molecule has 0 aliphatic carbocycles. The van der Waals surface area contributed by atoms with Crippen molar-refractivity contribution >= 4 is 17.3 Å². The van der Waals surface area contributed by atoms with E-state index in [1.807, 2.05) is 31.2 Å². The minimum absolute atomic E-state index is 0.312. The van der Waals surface area contributed by atoms with Crippen LogP contribution in [0.1, 0.15) is 25.0 Å². The van der Waals surface area contributed by atoms with Crippen LogP contribution in [-0.4, -0.2) is 5.97 Å². The van der Waals surface area contributed by atoms with Crippen LogP contribution in [0.2, 0.25) is 0 Å². The van der Waals surface area contributed by atoms with E-state index in [1.54, 1.807) is 17.4 Å². The maximum absolute atomic E-state index is 11.2. The Balaban J connectivity index is 1.77. The van der Waals surface area contributed by atoms with Gasteiger partial charge in [-0.1, -0.05) is 31.2 Å². The van der Waals surface area contributed by atoms with Crippen molar-refractivity contribution < 1.29 is 14.3 Å². The summed E-state index contributed by atoms with van der Waals surface area (Å²) < 4.78 is 11.2. The van der Waals surface area contributed by atoms with Gasteiger partial charge in [0.25, 0.3) is 0 Å². The van der Waals surface area contributed by atoms with Gasteiger partial charge in [-0.25, -0.2) is 0 Å². The van der Waals surface area contributed by atoms with Gasteiger partial charge in [0.05, 0.1) is 0 Å². The highest BCUT2D eigenvalue weighted by Crippen LogP contribution is 2.29. The molecule has 25 heavy (non-hydrogen) atoms. The zero-order valence-electron chi connectivity index (χ0n) is 14.3. The molecule has 0 saturated heterocycles. The maximum atomic E-state index is 11.2. The van der Waals surface area contributed by atoms with Crippen molar-refractivity contribution in [2.24, 2.45) is 0 Å². The number of carbonyl (C=O) groups is 1. The normalized spacial score (nSPS) is 10.5. The summed E-state index contributed by atoms with van der Waals surface area (Å²) in [5.41, 5.74) is 4.50. The molecule has 1 heterocycles. The third-order valence-corrected chi connectivity index (χ3v) is 4.59. The summed E-state index contributed by atoms with van der Waals surface area (Å²) in [5, 5.41) is 4.22. The molecule has 0 spiro atoms. The molecular weight excluding hydrogens is 332 g/mol. The minimum atomic E-state index is -0.312. The van der Waals surface area contributed by atoms with Crippen LogP contribution in [0, 0.1) is 0 Å². The highest BCUT2D eigenvalue weighted by molar-refractivity contribution is 7.08. The van der Waals surface area contributed by atoms with E-state index in [1.165, 1.54) is 18.1 Å². The Labute approximate surface area is 151 Å². The topological polar surface area (TPSA) is 35.5 Å².